The van der Waals surface area contributed by atoms with Gasteiger partial charge < -0.3 is 16.4 Å². The van der Waals surface area contributed by atoms with Gasteiger partial charge in [-0.1, -0.05) is 29.8 Å². The largest absolute Gasteiger partial charge is 0.399 e. The quantitative estimate of drug-likeness (QED) is 0.627. The molecule has 1 saturated heterocycles. The summed E-state index contributed by atoms with van der Waals surface area (Å²) in [6.07, 6.45) is 4.80. The number of carbonyl (C=O) groups excluding carboxylic acids is 2. The summed E-state index contributed by atoms with van der Waals surface area (Å²) in [5.41, 5.74) is 9.62. The molecule has 0 aromatic heterocycles. The standard InChI is InChI=1S/C25H32N4O2/c1-17-3-2-4-20(13-17)25(31)27-14-24(30)28-22-15-29(16-22)23-11-7-19(8-12-23)18-5-9-21(26)10-6-18/h2-6,9-10,13,19,22-23H,7-8,11-12,14-16,26H2,1H3,(H,27,31)(H,28,30). The second-order valence-electron chi connectivity index (χ2n) is 8.94. The van der Waals surface area contributed by atoms with Gasteiger partial charge in [0.25, 0.3) is 5.91 Å². The molecule has 6 heteroatoms. The Labute approximate surface area is 184 Å². The number of anilines is 1. The van der Waals surface area contributed by atoms with Gasteiger partial charge in [0.05, 0.1) is 12.6 Å². The third kappa shape index (κ3) is 5.44. The number of aryl methyl sites for hydroxylation is 1. The molecule has 2 aliphatic rings. The Bertz CT molecular complexity index is 913. The zero-order chi connectivity index (χ0) is 21.8. The molecule has 1 aliphatic heterocycles. The SMILES string of the molecule is Cc1cccc(C(=O)NCC(=O)NC2CN(C3CCC(c4ccc(N)cc4)CC3)C2)c1. The maximum absolute atomic E-state index is 12.2. The van der Waals surface area contributed by atoms with Crippen LogP contribution < -0.4 is 16.4 Å². The Hall–Kier alpha value is -2.86. The van der Waals surface area contributed by atoms with Crippen molar-refractivity contribution in [3.8, 4) is 0 Å². The number of hydrogen-bond donors (Lipinski definition) is 3. The summed E-state index contributed by atoms with van der Waals surface area (Å²) in [5, 5.41) is 5.74. The lowest BCUT2D eigenvalue weighted by atomic mass is 9.80. The van der Waals surface area contributed by atoms with Crippen LogP contribution in [0.15, 0.2) is 48.5 Å². The molecule has 4 N–H and O–H groups in total. The molecule has 4 rings (SSSR count). The minimum atomic E-state index is -0.216. The van der Waals surface area contributed by atoms with Crippen LogP contribution in [-0.2, 0) is 4.79 Å². The number of nitrogens with two attached hydrogens (primary N) is 1. The number of benzene rings is 2. The first-order valence-electron chi connectivity index (χ1n) is 11.2. The summed E-state index contributed by atoms with van der Waals surface area (Å²) in [6, 6.07) is 16.5. The first-order valence-corrected chi connectivity index (χ1v) is 11.2. The van der Waals surface area contributed by atoms with Crippen LogP contribution in [0.25, 0.3) is 0 Å². The van der Waals surface area contributed by atoms with E-state index in [9.17, 15) is 9.59 Å². The van der Waals surface area contributed by atoms with Crippen molar-refractivity contribution >= 4 is 17.5 Å². The van der Waals surface area contributed by atoms with E-state index in [2.05, 4.69) is 27.7 Å². The highest BCUT2D eigenvalue weighted by molar-refractivity contribution is 5.96. The number of likely N-dealkylation sites (tertiary alicyclic amines) is 1. The number of amides is 2. The summed E-state index contributed by atoms with van der Waals surface area (Å²) in [7, 11) is 0. The van der Waals surface area contributed by atoms with Gasteiger partial charge >= 0.3 is 0 Å². The minimum Gasteiger partial charge on any atom is -0.399 e. The second kappa shape index (κ2) is 9.52. The molecule has 31 heavy (non-hydrogen) atoms. The van der Waals surface area contributed by atoms with Crippen LogP contribution in [0.3, 0.4) is 0 Å². The van der Waals surface area contributed by atoms with Crippen molar-refractivity contribution in [1.29, 1.82) is 0 Å². The van der Waals surface area contributed by atoms with E-state index in [1.807, 2.05) is 37.3 Å². The fraction of sp³-hybridized carbons (Fsp3) is 0.440. The number of rotatable bonds is 6. The minimum absolute atomic E-state index is 0.00989. The van der Waals surface area contributed by atoms with Gasteiger partial charge in [-0.05, 0) is 68.4 Å². The van der Waals surface area contributed by atoms with Crippen molar-refractivity contribution in [3.05, 3.63) is 65.2 Å². The molecule has 1 saturated carbocycles. The number of nitrogens with zero attached hydrogens (tertiary/aromatic N) is 1. The Morgan fingerprint density at radius 3 is 2.42 bits per heavy atom. The highest BCUT2D eigenvalue weighted by Crippen LogP contribution is 2.36. The maximum Gasteiger partial charge on any atom is 0.251 e. The topological polar surface area (TPSA) is 87.5 Å². The number of nitrogen functional groups attached to an aromatic ring is 1. The number of nitrogens with one attached hydrogen (secondary N) is 2. The fourth-order valence-corrected chi connectivity index (χ4v) is 4.77. The summed E-state index contributed by atoms with van der Waals surface area (Å²) in [6.45, 7) is 3.75. The third-order valence-corrected chi connectivity index (χ3v) is 6.59. The molecule has 2 aromatic rings. The molecule has 164 valence electrons. The number of carbonyl (C=O) groups is 2. The molecule has 2 fully saturated rings. The van der Waals surface area contributed by atoms with Gasteiger partial charge in [-0.2, -0.15) is 0 Å². The fourth-order valence-electron chi connectivity index (χ4n) is 4.77. The van der Waals surface area contributed by atoms with Crippen LogP contribution >= 0.6 is 0 Å². The molecule has 2 amide bonds. The van der Waals surface area contributed by atoms with E-state index in [0.717, 1.165) is 24.3 Å². The average Bonchev–Trinajstić information content (AvgIpc) is 2.75. The van der Waals surface area contributed by atoms with Crippen LogP contribution in [0.4, 0.5) is 5.69 Å². The van der Waals surface area contributed by atoms with Gasteiger partial charge in [-0.25, -0.2) is 0 Å². The lowest BCUT2D eigenvalue weighted by Crippen LogP contribution is -2.63. The van der Waals surface area contributed by atoms with Crippen molar-refractivity contribution in [2.24, 2.45) is 0 Å². The molecule has 6 nitrogen and oxygen atoms in total. The smallest absolute Gasteiger partial charge is 0.251 e. The molecule has 0 bridgehead atoms. The first-order chi connectivity index (χ1) is 15.0. The molecule has 0 radical (unpaired) electrons. The normalized spacial score (nSPS) is 21.8. The Morgan fingerprint density at radius 1 is 1.03 bits per heavy atom. The first kappa shape index (κ1) is 21.4. The zero-order valence-electron chi connectivity index (χ0n) is 18.1. The van der Waals surface area contributed by atoms with Crippen LogP contribution in [0.2, 0.25) is 0 Å². The van der Waals surface area contributed by atoms with Crippen molar-refractivity contribution in [3.63, 3.8) is 0 Å². The van der Waals surface area contributed by atoms with Crippen LogP contribution in [0.5, 0.6) is 0 Å². The lowest BCUT2D eigenvalue weighted by molar-refractivity contribution is -0.122. The zero-order valence-corrected chi connectivity index (χ0v) is 18.1. The molecule has 2 aromatic carbocycles. The van der Waals surface area contributed by atoms with Crippen molar-refractivity contribution in [2.45, 2.75) is 50.6 Å². The molecule has 0 unspecified atom stereocenters. The van der Waals surface area contributed by atoms with E-state index in [-0.39, 0.29) is 24.4 Å². The summed E-state index contributed by atoms with van der Waals surface area (Å²) in [5.74, 6) is 0.287. The molecule has 1 heterocycles. The van der Waals surface area contributed by atoms with Gasteiger partial charge in [0.15, 0.2) is 0 Å². The van der Waals surface area contributed by atoms with Crippen molar-refractivity contribution in [2.75, 3.05) is 25.4 Å². The molecular formula is C25H32N4O2. The summed E-state index contributed by atoms with van der Waals surface area (Å²) in [4.78, 5) is 26.9. The molecule has 1 aliphatic carbocycles. The van der Waals surface area contributed by atoms with Gasteiger partial charge in [0.2, 0.25) is 5.91 Å². The lowest BCUT2D eigenvalue weighted by Gasteiger charge is -2.46. The maximum atomic E-state index is 12.2. The molecule has 0 spiro atoms. The van der Waals surface area contributed by atoms with Gasteiger partial charge in [-0.3, -0.25) is 14.5 Å². The highest BCUT2D eigenvalue weighted by atomic mass is 16.2. The van der Waals surface area contributed by atoms with E-state index in [1.165, 1.54) is 31.2 Å². The van der Waals surface area contributed by atoms with Gasteiger partial charge in [0.1, 0.15) is 0 Å². The molecule has 0 atom stereocenters. The van der Waals surface area contributed by atoms with E-state index in [1.54, 1.807) is 6.07 Å². The Morgan fingerprint density at radius 2 is 1.74 bits per heavy atom. The van der Waals surface area contributed by atoms with Crippen molar-refractivity contribution in [1.82, 2.24) is 15.5 Å². The Kier molecular flexibility index (Phi) is 6.56. The van der Waals surface area contributed by atoms with E-state index >= 15 is 0 Å². The van der Waals surface area contributed by atoms with E-state index in [0.29, 0.717) is 17.5 Å². The summed E-state index contributed by atoms with van der Waals surface area (Å²) >= 11 is 0. The number of hydrogen-bond acceptors (Lipinski definition) is 4. The van der Waals surface area contributed by atoms with E-state index in [4.69, 9.17) is 5.73 Å². The van der Waals surface area contributed by atoms with Crippen LogP contribution in [0, 0.1) is 6.92 Å². The molecular weight excluding hydrogens is 388 g/mol. The summed E-state index contributed by atoms with van der Waals surface area (Å²) < 4.78 is 0. The predicted molar refractivity (Wildman–Crippen MR) is 123 cm³/mol. The van der Waals surface area contributed by atoms with Gasteiger partial charge in [-0.15, -0.1) is 0 Å². The Balaban J connectivity index is 1.14. The monoisotopic (exact) mass is 420 g/mol. The highest BCUT2D eigenvalue weighted by Gasteiger charge is 2.35. The predicted octanol–water partition coefficient (Wildman–Crippen LogP) is 2.83. The average molecular weight is 421 g/mol. The van der Waals surface area contributed by atoms with E-state index < -0.39 is 0 Å². The third-order valence-electron chi connectivity index (χ3n) is 6.59. The van der Waals surface area contributed by atoms with Crippen molar-refractivity contribution < 1.29 is 9.59 Å². The van der Waals surface area contributed by atoms with Crippen LogP contribution in [0.1, 0.15) is 53.1 Å². The second-order valence-corrected chi connectivity index (χ2v) is 8.94. The van der Waals surface area contributed by atoms with Gasteiger partial charge in [0, 0.05) is 30.4 Å². The van der Waals surface area contributed by atoms with Crippen LogP contribution in [-0.4, -0.2) is 48.4 Å².